The SMILES string of the molecule is O=Cc1ccsc1-c1ccccn1. The molecule has 2 heterocycles. The Hall–Kier alpha value is -1.48. The van der Waals surface area contributed by atoms with Crippen molar-refractivity contribution in [2.45, 2.75) is 0 Å². The zero-order valence-electron chi connectivity index (χ0n) is 6.81. The van der Waals surface area contributed by atoms with Gasteiger partial charge in [-0.05, 0) is 23.6 Å². The number of hydrogen-bond donors (Lipinski definition) is 0. The molecule has 0 aliphatic carbocycles. The summed E-state index contributed by atoms with van der Waals surface area (Å²) in [6.45, 7) is 0. The highest BCUT2D eigenvalue weighted by Crippen LogP contribution is 2.26. The summed E-state index contributed by atoms with van der Waals surface area (Å²) in [5, 5.41) is 1.90. The van der Waals surface area contributed by atoms with Gasteiger partial charge in [0.1, 0.15) is 0 Å². The number of rotatable bonds is 2. The Bertz CT molecular complexity index is 408. The Morgan fingerprint density at radius 2 is 2.23 bits per heavy atom. The monoisotopic (exact) mass is 189 g/mol. The number of aromatic nitrogens is 1. The fourth-order valence-corrected chi connectivity index (χ4v) is 1.96. The van der Waals surface area contributed by atoms with Crippen LogP contribution in [0.3, 0.4) is 0 Å². The van der Waals surface area contributed by atoms with Gasteiger partial charge in [-0.25, -0.2) is 0 Å². The Balaban J connectivity index is 2.52. The molecule has 13 heavy (non-hydrogen) atoms. The van der Waals surface area contributed by atoms with Gasteiger partial charge in [0.15, 0.2) is 6.29 Å². The van der Waals surface area contributed by atoms with Gasteiger partial charge in [0, 0.05) is 11.8 Å². The summed E-state index contributed by atoms with van der Waals surface area (Å²) in [6, 6.07) is 7.48. The topological polar surface area (TPSA) is 30.0 Å². The number of carbonyl (C=O) groups excluding carboxylic acids is 1. The lowest BCUT2D eigenvalue weighted by atomic mass is 10.2. The normalized spacial score (nSPS) is 9.85. The highest BCUT2D eigenvalue weighted by molar-refractivity contribution is 7.13. The van der Waals surface area contributed by atoms with E-state index in [-0.39, 0.29) is 0 Å². The number of carbonyl (C=O) groups is 1. The van der Waals surface area contributed by atoms with E-state index in [9.17, 15) is 4.79 Å². The molecule has 2 aromatic heterocycles. The Morgan fingerprint density at radius 3 is 2.92 bits per heavy atom. The fourth-order valence-electron chi connectivity index (χ4n) is 1.12. The lowest BCUT2D eigenvalue weighted by Gasteiger charge is -1.95. The van der Waals surface area contributed by atoms with Crippen molar-refractivity contribution in [2.75, 3.05) is 0 Å². The quantitative estimate of drug-likeness (QED) is 0.680. The Kier molecular flexibility index (Phi) is 2.19. The first-order valence-electron chi connectivity index (χ1n) is 3.86. The van der Waals surface area contributed by atoms with Crippen LogP contribution in [0.1, 0.15) is 10.4 Å². The van der Waals surface area contributed by atoms with Crippen LogP contribution >= 0.6 is 11.3 Å². The van der Waals surface area contributed by atoms with E-state index < -0.39 is 0 Å². The van der Waals surface area contributed by atoms with Gasteiger partial charge in [0.2, 0.25) is 0 Å². The van der Waals surface area contributed by atoms with E-state index in [4.69, 9.17) is 0 Å². The van der Waals surface area contributed by atoms with Crippen LogP contribution in [0.4, 0.5) is 0 Å². The summed E-state index contributed by atoms with van der Waals surface area (Å²) in [4.78, 5) is 15.8. The summed E-state index contributed by atoms with van der Waals surface area (Å²) in [5.41, 5.74) is 1.57. The van der Waals surface area contributed by atoms with Crippen LogP contribution in [0.2, 0.25) is 0 Å². The molecule has 0 N–H and O–H groups in total. The first kappa shape index (κ1) is 8.13. The summed E-state index contributed by atoms with van der Waals surface area (Å²) < 4.78 is 0. The van der Waals surface area contributed by atoms with Crippen molar-refractivity contribution in [3.05, 3.63) is 41.4 Å². The molecule has 0 spiro atoms. The van der Waals surface area contributed by atoms with Gasteiger partial charge in [0.25, 0.3) is 0 Å². The van der Waals surface area contributed by atoms with Crippen molar-refractivity contribution in [3.8, 4) is 10.6 Å². The van der Waals surface area contributed by atoms with Gasteiger partial charge in [-0.3, -0.25) is 9.78 Å². The van der Waals surface area contributed by atoms with Crippen LogP contribution in [0.15, 0.2) is 35.8 Å². The standard InChI is InChI=1S/C10H7NOS/c12-7-8-4-6-13-10(8)9-3-1-2-5-11-9/h1-7H. The second kappa shape index (κ2) is 3.49. The van der Waals surface area contributed by atoms with Crippen LogP contribution in [-0.2, 0) is 0 Å². The summed E-state index contributed by atoms with van der Waals surface area (Å²) in [7, 11) is 0. The predicted molar refractivity (Wildman–Crippen MR) is 52.9 cm³/mol. The lowest BCUT2D eigenvalue weighted by Crippen LogP contribution is -1.82. The molecule has 2 rings (SSSR count). The molecular formula is C10H7NOS. The number of thiophene rings is 1. The maximum absolute atomic E-state index is 10.6. The number of pyridine rings is 1. The molecule has 0 aromatic carbocycles. The van der Waals surface area contributed by atoms with Crippen molar-refractivity contribution >= 4 is 17.6 Å². The van der Waals surface area contributed by atoms with Crippen molar-refractivity contribution in [1.29, 1.82) is 0 Å². The van der Waals surface area contributed by atoms with Crippen LogP contribution < -0.4 is 0 Å². The average Bonchev–Trinajstić information content (AvgIpc) is 2.67. The first-order chi connectivity index (χ1) is 6.42. The van der Waals surface area contributed by atoms with Gasteiger partial charge in [-0.15, -0.1) is 11.3 Å². The van der Waals surface area contributed by atoms with Gasteiger partial charge in [0.05, 0.1) is 10.6 Å². The largest absolute Gasteiger partial charge is 0.298 e. The molecule has 0 saturated heterocycles. The zero-order chi connectivity index (χ0) is 9.10. The minimum Gasteiger partial charge on any atom is -0.298 e. The fraction of sp³-hybridized carbons (Fsp3) is 0. The first-order valence-corrected chi connectivity index (χ1v) is 4.74. The summed E-state index contributed by atoms with van der Waals surface area (Å²) >= 11 is 1.53. The molecule has 0 fully saturated rings. The van der Waals surface area contributed by atoms with Crippen LogP contribution in [0.25, 0.3) is 10.6 Å². The molecule has 64 valence electrons. The molecule has 0 aliphatic rings. The average molecular weight is 189 g/mol. The lowest BCUT2D eigenvalue weighted by molar-refractivity contribution is 0.112. The van der Waals surface area contributed by atoms with E-state index in [1.165, 1.54) is 11.3 Å². The summed E-state index contributed by atoms with van der Waals surface area (Å²) in [5.74, 6) is 0. The third kappa shape index (κ3) is 1.51. The van der Waals surface area contributed by atoms with E-state index >= 15 is 0 Å². The maximum atomic E-state index is 10.6. The molecule has 2 aromatic rings. The highest BCUT2D eigenvalue weighted by atomic mass is 32.1. The van der Waals surface area contributed by atoms with Gasteiger partial charge in [-0.1, -0.05) is 6.07 Å². The van der Waals surface area contributed by atoms with Crippen molar-refractivity contribution in [1.82, 2.24) is 4.98 Å². The molecule has 0 aliphatic heterocycles. The molecule has 0 atom stereocenters. The van der Waals surface area contributed by atoms with Crippen molar-refractivity contribution in [3.63, 3.8) is 0 Å². The molecule has 0 unspecified atom stereocenters. The van der Waals surface area contributed by atoms with E-state index in [0.717, 1.165) is 16.9 Å². The van der Waals surface area contributed by atoms with Crippen LogP contribution in [0, 0.1) is 0 Å². The minimum atomic E-state index is 0.712. The third-order valence-electron chi connectivity index (χ3n) is 1.72. The van der Waals surface area contributed by atoms with E-state index in [0.29, 0.717) is 5.56 Å². The molecule has 3 heteroatoms. The van der Waals surface area contributed by atoms with E-state index in [1.54, 1.807) is 6.20 Å². The zero-order valence-corrected chi connectivity index (χ0v) is 7.62. The van der Waals surface area contributed by atoms with Gasteiger partial charge >= 0.3 is 0 Å². The molecule has 0 bridgehead atoms. The van der Waals surface area contributed by atoms with Gasteiger partial charge < -0.3 is 0 Å². The molecule has 0 amide bonds. The van der Waals surface area contributed by atoms with Crippen molar-refractivity contribution < 1.29 is 4.79 Å². The van der Waals surface area contributed by atoms with Crippen LogP contribution in [0.5, 0.6) is 0 Å². The van der Waals surface area contributed by atoms with E-state index in [2.05, 4.69) is 4.98 Å². The second-order valence-electron chi connectivity index (χ2n) is 2.54. The van der Waals surface area contributed by atoms with E-state index in [1.807, 2.05) is 29.6 Å². The maximum Gasteiger partial charge on any atom is 0.151 e. The predicted octanol–water partition coefficient (Wildman–Crippen LogP) is 2.62. The number of aldehydes is 1. The Morgan fingerprint density at radius 1 is 1.31 bits per heavy atom. The van der Waals surface area contributed by atoms with Gasteiger partial charge in [-0.2, -0.15) is 0 Å². The molecule has 0 radical (unpaired) electrons. The summed E-state index contributed by atoms with van der Waals surface area (Å²) in [6.07, 6.45) is 2.59. The van der Waals surface area contributed by atoms with Crippen molar-refractivity contribution in [2.24, 2.45) is 0 Å². The number of nitrogens with zero attached hydrogens (tertiary/aromatic N) is 1. The highest BCUT2D eigenvalue weighted by Gasteiger charge is 2.05. The minimum absolute atomic E-state index is 0.712. The molecule has 2 nitrogen and oxygen atoms in total. The Labute approximate surface area is 79.9 Å². The molecule has 0 saturated carbocycles. The molecular weight excluding hydrogens is 182 g/mol. The third-order valence-corrected chi connectivity index (χ3v) is 2.67. The second-order valence-corrected chi connectivity index (χ2v) is 3.45. The van der Waals surface area contributed by atoms with Crippen LogP contribution in [-0.4, -0.2) is 11.3 Å². The number of hydrogen-bond acceptors (Lipinski definition) is 3. The smallest absolute Gasteiger partial charge is 0.151 e.